The maximum absolute atomic E-state index is 12.4. The van der Waals surface area contributed by atoms with Gasteiger partial charge in [0.05, 0.1) is 17.2 Å². The first-order chi connectivity index (χ1) is 15.6. The van der Waals surface area contributed by atoms with Gasteiger partial charge in [0.25, 0.3) is 0 Å². The van der Waals surface area contributed by atoms with Gasteiger partial charge in [-0.15, -0.1) is 21.5 Å². The van der Waals surface area contributed by atoms with E-state index in [-0.39, 0.29) is 17.6 Å². The van der Waals surface area contributed by atoms with E-state index in [9.17, 15) is 9.59 Å². The van der Waals surface area contributed by atoms with Crippen molar-refractivity contribution in [3.63, 3.8) is 0 Å². The zero-order chi connectivity index (χ0) is 22.5. The molecule has 0 saturated heterocycles. The lowest BCUT2D eigenvalue weighted by Gasteiger charge is -2.30. The van der Waals surface area contributed by atoms with Crippen LogP contribution in [0.3, 0.4) is 0 Å². The predicted molar refractivity (Wildman–Crippen MR) is 127 cm³/mol. The van der Waals surface area contributed by atoms with Crippen LogP contribution < -0.4 is 5.32 Å². The second-order valence-corrected chi connectivity index (χ2v) is 10.7. The van der Waals surface area contributed by atoms with E-state index >= 15 is 0 Å². The molecule has 2 fully saturated rings. The Kier molecular flexibility index (Phi) is 7.88. The summed E-state index contributed by atoms with van der Waals surface area (Å²) >= 11 is 3.12. The number of nitrogens with zero attached hydrogens (tertiary/aromatic N) is 3. The van der Waals surface area contributed by atoms with Crippen LogP contribution >= 0.6 is 23.1 Å². The van der Waals surface area contributed by atoms with Gasteiger partial charge in [-0.05, 0) is 68.7 Å². The molecule has 4 rings (SSSR count). The summed E-state index contributed by atoms with van der Waals surface area (Å²) in [6, 6.07) is 4.44. The number of rotatable bonds is 11. The highest BCUT2D eigenvalue weighted by atomic mass is 32.2. The lowest BCUT2D eigenvalue weighted by atomic mass is 9.84. The number of ether oxygens (including phenoxy) is 1. The third kappa shape index (κ3) is 5.36. The van der Waals surface area contributed by atoms with E-state index in [4.69, 9.17) is 4.74 Å². The largest absolute Gasteiger partial charge is 0.466 e. The Morgan fingerprint density at radius 1 is 1.34 bits per heavy atom. The molecule has 2 aliphatic rings. The van der Waals surface area contributed by atoms with Crippen molar-refractivity contribution >= 4 is 35.0 Å². The Bertz CT molecular complexity index is 914. The molecule has 0 radical (unpaired) electrons. The smallest absolute Gasteiger partial charge is 0.305 e. The van der Waals surface area contributed by atoms with E-state index in [1.807, 2.05) is 6.07 Å². The van der Waals surface area contributed by atoms with Crippen LogP contribution in [0.2, 0.25) is 0 Å². The number of nitrogens with one attached hydrogen (secondary N) is 1. The number of aromatic nitrogens is 3. The predicted octanol–water partition coefficient (Wildman–Crippen LogP) is 4.56. The fraction of sp³-hybridized carbons (Fsp3) is 0.652. The number of hydrogen-bond donors (Lipinski definition) is 1. The normalized spacial score (nSPS) is 22.8. The van der Waals surface area contributed by atoms with Crippen LogP contribution in [0.25, 0.3) is 10.7 Å². The number of esters is 1. The summed E-state index contributed by atoms with van der Waals surface area (Å²) in [5.41, 5.74) is 0. The molecule has 2 saturated carbocycles. The summed E-state index contributed by atoms with van der Waals surface area (Å²) in [7, 11) is 0. The van der Waals surface area contributed by atoms with Crippen LogP contribution in [0.1, 0.15) is 58.4 Å². The molecule has 2 bridgehead atoms. The van der Waals surface area contributed by atoms with E-state index in [0.29, 0.717) is 38.0 Å². The van der Waals surface area contributed by atoms with Crippen LogP contribution in [-0.2, 0) is 14.3 Å². The third-order valence-corrected chi connectivity index (χ3v) is 8.55. The highest BCUT2D eigenvalue weighted by Crippen LogP contribution is 2.53. The fourth-order valence-electron chi connectivity index (χ4n) is 5.27. The van der Waals surface area contributed by atoms with Crippen molar-refractivity contribution in [2.24, 2.45) is 17.8 Å². The van der Waals surface area contributed by atoms with Gasteiger partial charge in [0, 0.05) is 19.0 Å². The van der Waals surface area contributed by atoms with Gasteiger partial charge in [0.15, 0.2) is 11.0 Å². The minimum absolute atomic E-state index is 0.0568. The second-order valence-electron chi connectivity index (χ2n) is 8.78. The van der Waals surface area contributed by atoms with Crippen LogP contribution in [0.15, 0.2) is 22.7 Å². The molecule has 2 aliphatic carbocycles. The van der Waals surface area contributed by atoms with Gasteiger partial charge >= 0.3 is 5.97 Å². The Morgan fingerprint density at radius 3 is 2.91 bits per heavy atom. The molecule has 2 heterocycles. The molecule has 1 N–H and O–H groups in total. The summed E-state index contributed by atoms with van der Waals surface area (Å²) in [5.74, 6) is 3.25. The van der Waals surface area contributed by atoms with Crippen molar-refractivity contribution in [2.75, 3.05) is 18.9 Å². The first-order valence-corrected chi connectivity index (χ1v) is 13.5. The summed E-state index contributed by atoms with van der Waals surface area (Å²) in [4.78, 5) is 24.9. The van der Waals surface area contributed by atoms with Gasteiger partial charge in [0.1, 0.15) is 0 Å². The Balaban J connectivity index is 1.38. The summed E-state index contributed by atoms with van der Waals surface area (Å²) in [6.45, 7) is 4.94. The summed E-state index contributed by atoms with van der Waals surface area (Å²) in [5, 5.41) is 14.8. The SMILES string of the molecule is CCOC(=O)CCCNC(=O)CSc1nnc(-c2cccs2)n1[C@H](C)[C@@H]1C[C@H]2CC[C@H]1C2. The molecular weight excluding hydrogens is 444 g/mol. The molecule has 4 atom stereocenters. The van der Waals surface area contributed by atoms with Crippen LogP contribution in [0.4, 0.5) is 0 Å². The first-order valence-electron chi connectivity index (χ1n) is 11.6. The van der Waals surface area contributed by atoms with Gasteiger partial charge < -0.3 is 10.1 Å². The van der Waals surface area contributed by atoms with E-state index in [1.54, 1.807) is 18.3 Å². The van der Waals surface area contributed by atoms with Crippen molar-refractivity contribution < 1.29 is 14.3 Å². The third-order valence-electron chi connectivity index (χ3n) is 6.74. The number of amides is 1. The van der Waals surface area contributed by atoms with Gasteiger partial charge in [-0.3, -0.25) is 14.2 Å². The van der Waals surface area contributed by atoms with Crippen molar-refractivity contribution in [2.45, 2.75) is 63.6 Å². The zero-order valence-corrected chi connectivity index (χ0v) is 20.4. The first kappa shape index (κ1) is 23.3. The number of thiophene rings is 1. The number of carbonyl (C=O) groups excluding carboxylic acids is 2. The van der Waals surface area contributed by atoms with E-state index < -0.39 is 0 Å². The minimum atomic E-state index is -0.222. The molecule has 174 valence electrons. The summed E-state index contributed by atoms with van der Waals surface area (Å²) < 4.78 is 7.18. The molecular formula is C23H32N4O3S2. The molecule has 32 heavy (non-hydrogen) atoms. The monoisotopic (exact) mass is 476 g/mol. The molecule has 7 nitrogen and oxygen atoms in total. The highest BCUT2D eigenvalue weighted by Gasteiger charge is 2.43. The zero-order valence-electron chi connectivity index (χ0n) is 18.8. The fourth-order valence-corrected chi connectivity index (χ4v) is 6.83. The molecule has 2 aromatic rings. The second kappa shape index (κ2) is 10.8. The van der Waals surface area contributed by atoms with E-state index in [2.05, 4.69) is 38.5 Å². The number of carbonyl (C=O) groups is 2. The molecule has 9 heteroatoms. The Hall–Kier alpha value is -1.87. The molecule has 0 aliphatic heterocycles. The quantitative estimate of drug-likeness (QED) is 0.291. The maximum Gasteiger partial charge on any atom is 0.305 e. The Labute approximate surface area is 197 Å². The summed E-state index contributed by atoms with van der Waals surface area (Å²) in [6.07, 6.45) is 6.27. The van der Waals surface area contributed by atoms with Crippen LogP contribution in [0.5, 0.6) is 0 Å². The van der Waals surface area contributed by atoms with Crippen molar-refractivity contribution in [3.05, 3.63) is 17.5 Å². The highest BCUT2D eigenvalue weighted by molar-refractivity contribution is 7.99. The van der Waals surface area contributed by atoms with Crippen LogP contribution in [-0.4, -0.2) is 45.5 Å². The van der Waals surface area contributed by atoms with E-state index in [0.717, 1.165) is 27.7 Å². The van der Waals surface area contributed by atoms with E-state index in [1.165, 1.54) is 37.4 Å². The van der Waals surface area contributed by atoms with Gasteiger partial charge in [0.2, 0.25) is 5.91 Å². The molecule has 1 amide bonds. The number of thioether (sulfide) groups is 1. The average Bonchev–Trinajstić information content (AvgIpc) is 3.58. The van der Waals surface area contributed by atoms with Crippen molar-refractivity contribution in [1.82, 2.24) is 20.1 Å². The molecule has 0 aromatic carbocycles. The minimum Gasteiger partial charge on any atom is -0.466 e. The molecule has 0 unspecified atom stereocenters. The van der Waals surface area contributed by atoms with Gasteiger partial charge in [-0.2, -0.15) is 0 Å². The average molecular weight is 477 g/mol. The number of hydrogen-bond acceptors (Lipinski definition) is 7. The molecule has 0 spiro atoms. The lowest BCUT2D eigenvalue weighted by Crippen LogP contribution is -2.27. The topological polar surface area (TPSA) is 86.1 Å². The Morgan fingerprint density at radius 2 is 2.22 bits per heavy atom. The lowest BCUT2D eigenvalue weighted by molar-refractivity contribution is -0.143. The van der Waals surface area contributed by atoms with Gasteiger partial charge in [-0.25, -0.2) is 0 Å². The van der Waals surface area contributed by atoms with Crippen molar-refractivity contribution in [1.29, 1.82) is 0 Å². The van der Waals surface area contributed by atoms with Gasteiger partial charge in [-0.1, -0.05) is 24.2 Å². The standard InChI is InChI=1S/C23H32N4O3S2/c1-3-30-21(29)7-4-10-24-20(28)14-32-23-26-25-22(19-6-5-11-31-19)27(23)15(2)18-13-16-8-9-17(18)12-16/h5-6,11,15-18H,3-4,7-10,12-14H2,1-2H3,(H,24,28)/t15-,16+,17+,18+/m1/s1. The molecule has 2 aromatic heterocycles. The number of fused-ring (bicyclic) bond motifs is 2. The van der Waals surface area contributed by atoms with Crippen molar-refractivity contribution in [3.8, 4) is 10.7 Å². The maximum atomic E-state index is 12.4. The van der Waals surface area contributed by atoms with Crippen LogP contribution in [0, 0.1) is 17.8 Å².